The number of rotatable bonds is 7. The lowest BCUT2D eigenvalue weighted by Crippen LogP contribution is -2.42. The number of allylic oxidation sites excluding steroid dienone is 2. The second kappa shape index (κ2) is 9.45. The van der Waals surface area contributed by atoms with Crippen LogP contribution >= 0.6 is 0 Å². The van der Waals surface area contributed by atoms with E-state index in [9.17, 15) is 14.7 Å². The average molecular weight is 395 g/mol. The van der Waals surface area contributed by atoms with E-state index in [1.807, 2.05) is 24.3 Å². The van der Waals surface area contributed by atoms with Gasteiger partial charge in [-0.3, -0.25) is 4.79 Å². The van der Waals surface area contributed by atoms with Crippen molar-refractivity contribution in [3.63, 3.8) is 0 Å². The number of esters is 1. The molecule has 2 aromatic rings. The number of methoxy groups -OCH3 is 1. The Balaban J connectivity index is 1.57. The van der Waals surface area contributed by atoms with Gasteiger partial charge >= 0.3 is 5.97 Å². The molecular formula is C22H21NO6. The molecule has 1 aliphatic heterocycles. The predicted molar refractivity (Wildman–Crippen MR) is 106 cm³/mol. The molecule has 2 aromatic carbocycles. The van der Waals surface area contributed by atoms with Gasteiger partial charge in [0.2, 0.25) is 12.7 Å². The summed E-state index contributed by atoms with van der Waals surface area (Å²) in [6.45, 7) is 0.216. The normalized spacial score (nSPS) is 13.6. The zero-order valence-corrected chi connectivity index (χ0v) is 15.8. The van der Waals surface area contributed by atoms with Gasteiger partial charge in [0.25, 0.3) is 0 Å². The van der Waals surface area contributed by atoms with Crippen LogP contribution in [0.5, 0.6) is 17.2 Å². The van der Waals surface area contributed by atoms with Crippen LogP contribution in [0, 0.1) is 0 Å². The van der Waals surface area contributed by atoms with Crippen LogP contribution in [0.1, 0.15) is 11.1 Å². The minimum atomic E-state index is -0.834. The highest BCUT2D eigenvalue weighted by atomic mass is 16.7. The van der Waals surface area contributed by atoms with Crippen LogP contribution in [-0.4, -0.2) is 36.9 Å². The van der Waals surface area contributed by atoms with Crippen molar-refractivity contribution in [2.75, 3.05) is 13.9 Å². The number of ether oxygens (including phenoxy) is 3. The van der Waals surface area contributed by atoms with Crippen molar-refractivity contribution in [1.29, 1.82) is 0 Å². The first kappa shape index (κ1) is 20.0. The van der Waals surface area contributed by atoms with Crippen LogP contribution in [0.4, 0.5) is 0 Å². The van der Waals surface area contributed by atoms with Gasteiger partial charge in [0.15, 0.2) is 11.5 Å². The quantitative estimate of drug-likeness (QED) is 0.425. The van der Waals surface area contributed by atoms with Crippen LogP contribution < -0.4 is 14.8 Å². The molecule has 1 aliphatic rings. The summed E-state index contributed by atoms with van der Waals surface area (Å²) in [6.07, 6.45) is 6.69. The van der Waals surface area contributed by atoms with E-state index in [0.29, 0.717) is 11.5 Å². The third kappa shape index (κ3) is 5.62. The summed E-state index contributed by atoms with van der Waals surface area (Å²) in [6, 6.07) is 11.1. The first-order chi connectivity index (χ1) is 14.0. The van der Waals surface area contributed by atoms with Crippen molar-refractivity contribution in [3.05, 3.63) is 71.8 Å². The molecule has 29 heavy (non-hydrogen) atoms. The minimum Gasteiger partial charge on any atom is -0.508 e. The number of phenols is 1. The van der Waals surface area contributed by atoms with Gasteiger partial charge in [-0.2, -0.15) is 0 Å². The molecular weight excluding hydrogens is 374 g/mol. The maximum Gasteiger partial charge on any atom is 0.328 e. The second-order valence-electron chi connectivity index (χ2n) is 6.29. The van der Waals surface area contributed by atoms with Gasteiger partial charge in [0, 0.05) is 12.5 Å². The van der Waals surface area contributed by atoms with Crippen LogP contribution in [0.2, 0.25) is 0 Å². The Bertz CT molecular complexity index is 933. The fourth-order valence-corrected chi connectivity index (χ4v) is 2.75. The molecule has 0 saturated heterocycles. The average Bonchev–Trinajstić information content (AvgIpc) is 3.19. The number of phenolic OH excluding ortho intramolecular Hbond substituents is 1. The lowest BCUT2D eigenvalue weighted by Gasteiger charge is -2.15. The molecule has 0 radical (unpaired) electrons. The highest BCUT2D eigenvalue weighted by molar-refractivity contribution is 5.91. The van der Waals surface area contributed by atoms with Gasteiger partial charge in [-0.05, 0) is 35.4 Å². The number of nitrogens with one attached hydrogen (secondary N) is 1. The van der Waals surface area contributed by atoms with E-state index in [1.165, 1.54) is 25.3 Å². The Morgan fingerprint density at radius 1 is 1.14 bits per heavy atom. The molecule has 7 nitrogen and oxygen atoms in total. The number of hydrogen-bond donors (Lipinski definition) is 2. The van der Waals surface area contributed by atoms with E-state index >= 15 is 0 Å². The fraction of sp³-hybridized carbons (Fsp3) is 0.182. The molecule has 7 heteroatoms. The monoisotopic (exact) mass is 395 g/mol. The van der Waals surface area contributed by atoms with Crippen molar-refractivity contribution >= 4 is 18.0 Å². The van der Waals surface area contributed by atoms with E-state index in [-0.39, 0.29) is 19.0 Å². The number of hydrogen-bond acceptors (Lipinski definition) is 6. The molecule has 150 valence electrons. The van der Waals surface area contributed by atoms with Gasteiger partial charge in [-0.25, -0.2) is 4.79 Å². The lowest BCUT2D eigenvalue weighted by molar-refractivity contribution is -0.144. The molecule has 3 rings (SSSR count). The van der Waals surface area contributed by atoms with Gasteiger partial charge in [0.05, 0.1) is 7.11 Å². The fourth-order valence-electron chi connectivity index (χ4n) is 2.75. The van der Waals surface area contributed by atoms with Gasteiger partial charge < -0.3 is 24.6 Å². The summed E-state index contributed by atoms with van der Waals surface area (Å²) in [5.74, 6) is 0.554. The molecule has 1 amide bonds. The molecule has 0 aromatic heterocycles. The second-order valence-corrected chi connectivity index (χ2v) is 6.29. The standard InChI is InChI=1S/C22H21NO6/c1-27-22(26)18(12-16-6-9-17(24)10-7-16)23-21(25)5-3-2-4-15-8-11-19-20(13-15)29-14-28-19/h2-11,13,18,24H,12,14H2,1H3,(H,23,25)/b4-2+,5-3+/t18-/m0/s1. The minimum absolute atomic E-state index is 0.129. The van der Waals surface area contributed by atoms with E-state index in [4.69, 9.17) is 14.2 Å². The number of carbonyl (C=O) groups excluding carboxylic acids is 2. The maximum absolute atomic E-state index is 12.2. The lowest BCUT2D eigenvalue weighted by atomic mass is 10.1. The Morgan fingerprint density at radius 2 is 1.90 bits per heavy atom. The molecule has 0 saturated carbocycles. The van der Waals surface area contributed by atoms with Crippen molar-refractivity contribution in [1.82, 2.24) is 5.32 Å². The van der Waals surface area contributed by atoms with Crippen LogP contribution in [0.3, 0.4) is 0 Å². The van der Waals surface area contributed by atoms with E-state index in [2.05, 4.69) is 5.32 Å². The predicted octanol–water partition coefficient (Wildman–Crippen LogP) is 2.59. The first-order valence-corrected chi connectivity index (χ1v) is 8.96. The topological polar surface area (TPSA) is 94.1 Å². The third-order valence-corrected chi connectivity index (χ3v) is 4.22. The highest BCUT2D eigenvalue weighted by Gasteiger charge is 2.21. The molecule has 0 fully saturated rings. The third-order valence-electron chi connectivity index (χ3n) is 4.22. The van der Waals surface area contributed by atoms with E-state index < -0.39 is 17.9 Å². The molecule has 2 N–H and O–H groups in total. The number of aromatic hydroxyl groups is 1. The Kier molecular flexibility index (Phi) is 6.52. The zero-order valence-electron chi connectivity index (χ0n) is 15.8. The van der Waals surface area contributed by atoms with Gasteiger partial charge in [0.1, 0.15) is 11.8 Å². The van der Waals surface area contributed by atoms with Gasteiger partial charge in [-0.15, -0.1) is 0 Å². The highest BCUT2D eigenvalue weighted by Crippen LogP contribution is 2.32. The smallest absolute Gasteiger partial charge is 0.328 e. The van der Waals surface area contributed by atoms with Crippen LogP contribution in [-0.2, 0) is 20.7 Å². The zero-order chi connectivity index (χ0) is 20.6. The van der Waals surface area contributed by atoms with Crippen molar-refractivity contribution < 1.29 is 28.9 Å². The molecule has 1 heterocycles. The number of benzene rings is 2. The molecule has 0 bridgehead atoms. The Labute approximate surface area is 168 Å². The molecule has 0 aliphatic carbocycles. The SMILES string of the molecule is COC(=O)[C@H](Cc1ccc(O)cc1)NC(=O)/C=C/C=C/c1ccc2c(c1)OCO2. The summed E-state index contributed by atoms with van der Waals surface area (Å²) >= 11 is 0. The molecule has 0 spiro atoms. The van der Waals surface area contributed by atoms with Crippen LogP contribution in [0.25, 0.3) is 6.08 Å². The number of amides is 1. The van der Waals surface area contributed by atoms with Gasteiger partial charge in [-0.1, -0.05) is 36.4 Å². The van der Waals surface area contributed by atoms with Crippen molar-refractivity contribution in [2.45, 2.75) is 12.5 Å². The first-order valence-electron chi connectivity index (χ1n) is 8.96. The summed E-state index contributed by atoms with van der Waals surface area (Å²) in [5, 5.41) is 12.0. The number of carbonyl (C=O) groups is 2. The summed E-state index contributed by atoms with van der Waals surface area (Å²) in [4.78, 5) is 24.1. The molecule has 1 atom stereocenters. The number of fused-ring (bicyclic) bond motifs is 1. The largest absolute Gasteiger partial charge is 0.508 e. The Hall–Kier alpha value is -3.74. The summed E-state index contributed by atoms with van der Waals surface area (Å²) in [5.41, 5.74) is 1.68. The maximum atomic E-state index is 12.2. The molecule has 0 unspecified atom stereocenters. The summed E-state index contributed by atoms with van der Waals surface area (Å²) in [7, 11) is 1.27. The van der Waals surface area contributed by atoms with E-state index in [1.54, 1.807) is 24.3 Å². The van der Waals surface area contributed by atoms with Crippen LogP contribution in [0.15, 0.2) is 60.7 Å². The summed E-state index contributed by atoms with van der Waals surface area (Å²) < 4.78 is 15.3. The van der Waals surface area contributed by atoms with Crippen molar-refractivity contribution in [2.24, 2.45) is 0 Å². The van der Waals surface area contributed by atoms with Crippen molar-refractivity contribution in [3.8, 4) is 17.2 Å². The Morgan fingerprint density at radius 3 is 2.66 bits per heavy atom. The van der Waals surface area contributed by atoms with E-state index in [0.717, 1.165) is 11.1 Å².